The maximum Gasteiger partial charge on any atom is 0.139 e. The van der Waals surface area contributed by atoms with Crippen LogP contribution in [0.1, 0.15) is 18.1 Å². The number of thiocarbonyl (C=S) groups is 1. The number of likely N-dealkylation sites (N-methyl/N-ethyl adjacent to an activating group) is 1. The van der Waals surface area contributed by atoms with Gasteiger partial charge in [-0.15, -0.1) is 0 Å². The molecule has 0 saturated carbocycles. The van der Waals surface area contributed by atoms with Gasteiger partial charge in [0.15, 0.2) is 0 Å². The van der Waals surface area contributed by atoms with Crippen molar-refractivity contribution in [2.75, 3.05) is 18.6 Å². The van der Waals surface area contributed by atoms with Crippen LogP contribution in [0.4, 0.5) is 5.82 Å². The van der Waals surface area contributed by atoms with Crippen molar-refractivity contribution in [3.63, 3.8) is 0 Å². The van der Waals surface area contributed by atoms with Gasteiger partial charge in [0.1, 0.15) is 10.8 Å². The van der Waals surface area contributed by atoms with Gasteiger partial charge in [-0.1, -0.05) is 12.2 Å². The van der Waals surface area contributed by atoms with Crippen molar-refractivity contribution in [2.24, 2.45) is 5.73 Å². The van der Waals surface area contributed by atoms with Crippen LogP contribution in [0.2, 0.25) is 0 Å². The number of aryl methyl sites for hydroxylation is 1. The smallest absolute Gasteiger partial charge is 0.139 e. The minimum atomic E-state index is -0.0256. The Bertz CT molecular complexity index is 395. The minimum Gasteiger partial charge on any atom is -0.394 e. The predicted molar refractivity (Wildman–Crippen MR) is 69.8 cm³/mol. The van der Waals surface area contributed by atoms with Crippen LogP contribution in [-0.4, -0.2) is 34.8 Å². The molecule has 0 amide bonds. The van der Waals surface area contributed by atoms with Crippen LogP contribution >= 0.6 is 12.2 Å². The maximum absolute atomic E-state index is 9.13. The lowest BCUT2D eigenvalue weighted by Crippen LogP contribution is -2.34. The molecule has 1 rings (SSSR count). The molecule has 1 unspecified atom stereocenters. The van der Waals surface area contributed by atoms with E-state index in [-0.39, 0.29) is 12.6 Å². The van der Waals surface area contributed by atoms with Crippen molar-refractivity contribution in [3.8, 4) is 0 Å². The SMILES string of the molecule is Cc1ccnc(N(C)C(C)CO)c1C(N)=S. The molecule has 0 bridgehead atoms. The Morgan fingerprint density at radius 2 is 2.31 bits per heavy atom. The van der Waals surface area contributed by atoms with E-state index >= 15 is 0 Å². The average Bonchev–Trinajstić information content (AvgIpc) is 2.26. The second kappa shape index (κ2) is 5.23. The van der Waals surface area contributed by atoms with E-state index in [0.29, 0.717) is 10.8 Å². The normalized spacial score (nSPS) is 12.2. The first-order chi connectivity index (χ1) is 7.49. The molecule has 0 saturated heterocycles. The van der Waals surface area contributed by atoms with Gasteiger partial charge >= 0.3 is 0 Å². The minimum absolute atomic E-state index is 0.0256. The van der Waals surface area contributed by atoms with Crippen LogP contribution in [-0.2, 0) is 0 Å². The fraction of sp³-hybridized carbons (Fsp3) is 0.455. The van der Waals surface area contributed by atoms with Gasteiger partial charge in [-0.25, -0.2) is 4.98 Å². The number of pyridine rings is 1. The standard InChI is InChI=1S/C11H17N3OS/c1-7-4-5-13-11(9(7)10(12)16)14(3)8(2)6-15/h4-5,8,15H,6H2,1-3H3,(H2,12,16). The van der Waals surface area contributed by atoms with E-state index in [2.05, 4.69) is 4.98 Å². The quantitative estimate of drug-likeness (QED) is 0.762. The van der Waals surface area contributed by atoms with Crippen molar-refractivity contribution in [2.45, 2.75) is 19.9 Å². The molecule has 3 N–H and O–H groups in total. The molecule has 0 aliphatic rings. The highest BCUT2D eigenvalue weighted by Crippen LogP contribution is 2.21. The number of hydrogen-bond donors (Lipinski definition) is 2. The van der Waals surface area contributed by atoms with Crippen molar-refractivity contribution in [1.82, 2.24) is 4.98 Å². The van der Waals surface area contributed by atoms with Gasteiger partial charge in [-0.3, -0.25) is 0 Å². The molecule has 0 fully saturated rings. The van der Waals surface area contributed by atoms with Crippen LogP contribution < -0.4 is 10.6 Å². The third-order valence-corrected chi connectivity index (χ3v) is 2.85. The van der Waals surface area contributed by atoms with E-state index in [1.54, 1.807) is 6.20 Å². The summed E-state index contributed by atoms with van der Waals surface area (Å²) >= 11 is 5.03. The van der Waals surface area contributed by atoms with Crippen LogP contribution in [0, 0.1) is 6.92 Å². The van der Waals surface area contributed by atoms with E-state index in [1.165, 1.54) is 0 Å². The molecule has 16 heavy (non-hydrogen) atoms. The zero-order chi connectivity index (χ0) is 12.3. The van der Waals surface area contributed by atoms with E-state index < -0.39 is 0 Å². The molecule has 0 spiro atoms. The first-order valence-electron chi connectivity index (χ1n) is 5.08. The topological polar surface area (TPSA) is 62.4 Å². The highest BCUT2D eigenvalue weighted by Gasteiger charge is 2.17. The third kappa shape index (κ3) is 2.48. The van der Waals surface area contributed by atoms with Gasteiger partial charge in [-0.2, -0.15) is 0 Å². The molecular formula is C11H17N3OS. The molecule has 1 heterocycles. The molecule has 0 aromatic carbocycles. The lowest BCUT2D eigenvalue weighted by Gasteiger charge is -2.26. The lowest BCUT2D eigenvalue weighted by atomic mass is 10.1. The van der Waals surface area contributed by atoms with Crippen molar-refractivity contribution in [3.05, 3.63) is 23.4 Å². The summed E-state index contributed by atoms with van der Waals surface area (Å²) in [7, 11) is 1.87. The van der Waals surface area contributed by atoms with Gasteiger partial charge in [0.05, 0.1) is 18.2 Å². The highest BCUT2D eigenvalue weighted by atomic mass is 32.1. The Morgan fingerprint density at radius 3 is 2.81 bits per heavy atom. The summed E-state index contributed by atoms with van der Waals surface area (Å²) in [5, 5.41) is 9.13. The van der Waals surface area contributed by atoms with Gasteiger partial charge in [0.25, 0.3) is 0 Å². The number of aliphatic hydroxyl groups is 1. The van der Waals surface area contributed by atoms with Crippen LogP contribution in [0.3, 0.4) is 0 Å². The van der Waals surface area contributed by atoms with E-state index in [9.17, 15) is 0 Å². The monoisotopic (exact) mass is 239 g/mol. The first-order valence-corrected chi connectivity index (χ1v) is 5.49. The number of hydrogen-bond acceptors (Lipinski definition) is 4. The second-order valence-corrected chi connectivity index (χ2v) is 4.27. The summed E-state index contributed by atoms with van der Waals surface area (Å²) in [6.07, 6.45) is 1.72. The maximum atomic E-state index is 9.13. The van der Waals surface area contributed by atoms with Gasteiger partial charge in [0.2, 0.25) is 0 Å². The summed E-state index contributed by atoms with van der Waals surface area (Å²) in [6, 6.07) is 1.84. The Hall–Kier alpha value is -1.20. The Balaban J connectivity index is 3.22. The van der Waals surface area contributed by atoms with Gasteiger partial charge in [-0.05, 0) is 25.5 Å². The Morgan fingerprint density at radius 1 is 1.69 bits per heavy atom. The lowest BCUT2D eigenvalue weighted by molar-refractivity contribution is 0.270. The van der Waals surface area contributed by atoms with Crippen molar-refractivity contribution in [1.29, 1.82) is 0 Å². The zero-order valence-corrected chi connectivity index (χ0v) is 10.6. The number of nitrogens with two attached hydrogens (primary N) is 1. The van der Waals surface area contributed by atoms with Gasteiger partial charge in [0, 0.05) is 13.2 Å². The van der Waals surface area contributed by atoms with Crippen LogP contribution in [0.5, 0.6) is 0 Å². The fourth-order valence-corrected chi connectivity index (χ4v) is 1.70. The summed E-state index contributed by atoms with van der Waals surface area (Å²) in [5.41, 5.74) is 7.47. The van der Waals surface area contributed by atoms with E-state index in [0.717, 1.165) is 11.1 Å². The molecule has 1 atom stereocenters. The molecule has 4 nitrogen and oxygen atoms in total. The van der Waals surface area contributed by atoms with E-state index in [1.807, 2.05) is 31.9 Å². The number of rotatable bonds is 4. The third-order valence-electron chi connectivity index (χ3n) is 2.65. The highest BCUT2D eigenvalue weighted by molar-refractivity contribution is 7.80. The van der Waals surface area contributed by atoms with Gasteiger partial charge < -0.3 is 15.7 Å². The van der Waals surface area contributed by atoms with Crippen molar-refractivity contribution >= 4 is 23.0 Å². The largest absolute Gasteiger partial charge is 0.394 e. The summed E-state index contributed by atoms with van der Waals surface area (Å²) in [5.74, 6) is 0.717. The fourth-order valence-electron chi connectivity index (χ4n) is 1.45. The number of nitrogens with zero attached hydrogens (tertiary/aromatic N) is 2. The molecule has 88 valence electrons. The summed E-state index contributed by atoms with van der Waals surface area (Å²) < 4.78 is 0. The Kier molecular flexibility index (Phi) is 4.20. The molecule has 1 aromatic rings. The molecule has 5 heteroatoms. The second-order valence-electron chi connectivity index (χ2n) is 3.83. The molecular weight excluding hydrogens is 222 g/mol. The molecule has 0 aliphatic heterocycles. The average molecular weight is 239 g/mol. The molecule has 0 radical (unpaired) electrons. The molecule has 0 aliphatic carbocycles. The van der Waals surface area contributed by atoms with Crippen LogP contribution in [0.15, 0.2) is 12.3 Å². The number of anilines is 1. The van der Waals surface area contributed by atoms with Crippen molar-refractivity contribution < 1.29 is 5.11 Å². The summed E-state index contributed by atoms with van der Waals surface area (Å²) in [4.78, 5) is 6.48. The van der Waals surface area contributed by atoms with E-state index in [4.69, 9.17) is 23.1 Å². The zero-order valence-electron chi connectivity index (χ0n) is 9.77. The predicted octanol–water partition coefficient (Wildman–Crippen LogP) is 0.841. The first kappa shape index (κ1) is 12.9. The molecule has 1 aromatic heterocycles. The summed E-state index contributed by atoms with van der Waals surface area (Å²) in [6.45, 7) is 3.91. The number of aliphatic hydroxyl groups excluding tert-OH is 1. The number of aromatic nitrogens is 1. The van der Waals surface area contributed by atoms with Crippen LogP contribution in [0.25, 0.3) is 0 Å². The Labute approximate surface area is 101 Å².